The number of aromatic nitrogens is 4. The highest BCUT2D eigenvalue weighted by Gasteiger charge is 2.32. The first kappa shape index (κ1) is 24.7. The average molecular weight is 521 g/mol. The number of rotatable bonds is 4. The fourth-order valence-electron chi connectivity index (χ4n) is 4.92. The minimum absolute atomic E-state index is 0.160. The summed E-state index contributed by atoms with van der Waals surface area (Å²) in [5, 5.41) is 9.54. The maximum absolute atomic E-state index is 13.5. The average Bonchev–Trinajstić information content (AvgIpc) is 2.98. The van der Waals surface area contributed by atoms with Crippen LogP contribution in [-0.2, 0) is 16.7 Å². The number of morpholine rings is 1. The third kappa shape index (κ3) is 4.41. The van der Waals surface area contributed by atoms with Crippen molar-refractivity contribution in [3.63, 3.8) is 0 Å². The molecule has 0 saturated carbocycles. The van der Waals surface area contributed by atoms with E-state index >= 15 is 0 Å². The Morgan fingerprint density at radius 1 is 0.974 bits per heavy atom. The standard InChI is InChI=1S/C29H28N8O2/c1-29(2,18-30)21-4-6-22(7-5-21)37-26-20(17-35(3)28(37)38)16-31-24-9-8-23(34-25(24)26)19-14-32-27(33-15-19)36-10-12-39-13-11-36/h4-9,14-16H,10-13,17H2,1-3H3. The Hall–Kier alpha value is -4.62. The van der Waals surface area contributed by atoms with Crippen molar-refractivity contribution in [3.05, 3.63) is 66.1 Å². The van der Waals surface area contributed by atoms with E-state index in [1.54, 1.807) is 29.2 Å². The van der Waals surface area contributed by atoms with Crippen LogP contribution in [0.4, 0.5) is 22.1 Å². The molecule has 2 aliphatic heterocycles. The molecule has 2 amide bonds. The molecule has 0 aliphatic carbocycles. The zero-order valence-corrected chi connectivity index (χ0v) is 22.1. The molecule has 4 aromatic rings. The first-order valence-electron chi connectivity index (χ1n) is 12.9. The van der Waals surface area contributed by atoms with E-state index in [2.05, 4.69) is 25.9 Å². The number of ether oxygens (including phenoxy) is 1. The monoisotopic (exact) mass is 520 g/mol. The van der Waals surface area contributed by atoms with Crippen molar-refractivity contribution in [1.82, 2.24) is 24.8 Å². The predicted octanol–water partition coefficient (Wildman–Crippen LogP) is 4.43. The molecule has 0 spiro atoms. The van der Waals surface area contributed by atoms with Crippen LogP contribution in [0.3, 0.4) is 0 Å². The van der Waals surface area contributed by atoms with Gasteiger partial charge in [0.1, 0.15) is 5.52 Å². The summed E-state index contributed by atoms with van der Waals surface area (Å²) < 4.78 is 5.42. The summed E-state index contributed by atoms with van der Waals surface area (Å²) in [6, 6.07) is 13.5. The first-order chi connectivity index (χ1) is 18.9. The lowest BCUT2D eigenvalue weighted by molar-refractivity contribution is 0.122. The third-order valence-electron chi connectivity index (χ3n) is 7.27. The molecule has 1 aromatic carbocycles. The fourth-order valence-corrected chi connectivity index (χ4v) is 4.92. The Balaban J connectivity index is 1.43. The number of hydrogen-bond acceptors (Lipinski definition) is 8. The van der Waals surface area contributed by atoms with Gasteiger partial charge in [-0.3, -0.25) is 9.88 Å². The van der Waals surface area contributed by atoms with Crippen LogP contribution in [0.5, 0.6) is 0 Å². The summed E-state index contributed by atoms with van der Waals surface area (Å²) in [5.41, 5.74) is 5.35. The Kier molecular flexibility index (Phi) is 6.08. The fraction of sp³-hybridized carbons (Fsp3) is 0.310. The Bertz CT molecular complexity index is 1590. The highest BCUT2D eigenvalue weighted by Crippen LogP contribution is 2.39. The lowest BCUT2D eigenvalue weighted by atomic mass is 9.86. The number of nitriles is 1. The number of nitrogens with zero attached hydrogens (tertiary/aromatic N) is 8. The minimum atomic E-state index is -0.633. The molecule has 0 atom stereocenters. The number of fused-ring (bicyclic) bond motifs is 3. The number of hydrogen-bond donors (Lipinski definition) is 0. The molecule has 0 radical (unpaired) electrons. The van der Waals surface area contributed by atoms with Crippen molar-refractivity contribution in [2.24, 2.45) is 0 Å². The van der Waals surface area contributed by atoms with Gasteiger partial charge in [0.2, 0.25) is 5.95 Å². The summed E-state index contributed by atoms with van der Waals surface area (Å²) >= 11 is 0. The summed E-state index contributed by atoms with van der Waals surface area (Å²) in [4.78, 5) is 37.7. The van der Waals surface area contributed by atoms with Gasteiger partial charge in [-0.15, -0.1) is 0 Å². The maximum atomic E-state index is 13.5. The number of amides is 2. The predicted molar refractivity (Wildman–Crippen MR) is 148 cm³/mol. The van der Waals surface area contributed by atoms with E-state index in [1.165, 1.54) is 0 Å². The van der Waals surface area contributed by atoms with E-state index in [1.807, 2.05) is 56.4 Å². The Morgan fingerprint density at radius 3 is 2.38 bits per heavy atom. The van der Waals surface area contributed by atoms with Gasteiger partial charge in [-0.05, 0) is 43.7 Å². The number of urea groups is 1. The molecule has 0 bridgehead atoms. The van der Waals surface area contributed by atoms with Crippen molar-refractivity contribution in [3.8, 4) is 17.3 Å². The molecule has 3 aromatic heterocycles. The second kappa shape index (κ2) is 9.60. The highest BCUT2D eigenvalue weighted by atomic mass is 16.5. The first-order valence-corrected chi connectivity index (χ1v) is 12.9. The van der Waals surface area contributed by atoms with Crippen molar-refractivity contribution in [2.75, 3.05) is 43.2 Å². The number of carbonyl (C=O) groups is 1. The van der Waals surface area contributed by atoms with E-state index < -0.39 is 5.41 Å². The molecular weight excluding hydrogens is 492 g/mol. The van der Waals surface area contributed by atoms with Crippen LogP contribution >= 0.6 is 0 Å². The van der Waals surface area contributed by atoms with Crippen molar-refractivity contribution in [2.45, 2.75) is 25.8 Å². The number of benzene rings is 1. The second-order valence-corrected chi connectivity index (χ2v) is 10.3. The van der Waals surface area contributed by atoms with Crippen molar-refractivity contribution >= 4 is 34.4 Å². The zero-order valence-electron chi connectivity index (χ0n) is 22.1. The van der Waals surface area contributed by atoms with Crippen molar-refractivity contribution < 1.29 is 9.53 Å². The molecule has 10 heteroatoms. The largest absolute Gasteiger partial charge is 0.378 e. The van der Waals surface area contributed by atoms with Gasteiger partial charge in [-0.25, -0.2) is 19.7 Å². The van der Waals surface area contributed by atoms with E-state index in [-0.39, 0.29) is 6.03 Å². The van der Waals surface area contributed by atoms with Crippen LogP contribution in [0, 0.1) is 11.3 Å². The second-order valence-electron chi connectivity index (χ2n) is 10.3. The van der Waals surface area contributed by atoms with E-state index in [9.17, 15) is 10.1 Å². The van der Waals surface area contributed by atoms with Crippen LogP contribution in [0.25, 0.3) is 22.3 Å². The zero-order chi connectivity index (χ0) is 27.1. The lowest BCUT2D eigenvalue weighted by Gasteiger charge is -2.35. The van der Waals surface area contributed by atoms with E-state index in [0.717, 1.165) is 29.8 Å². The summed E-state index contributed by atoms with van der Waals surface area (Å²) in [6.45, 7) is 7.03. The number of carbonyl (C=O) groups excluding carboxylic acids is 1. The van der Waals surface area contributed by atoms with E-state index in [4.69, 9.17) is 9.72 Å². The summed E-state index contributed by atoms with van der Waals surface area (Å²) in [7, 11) is 1.77. The van der Waals surface area contributed by atoms with Crippen LogP contribution < -0.4 is 9.80 Å². The molecule has 6 rings (SSSR count). The molecule has 196 valence electrons. The minimum Gasteiger partial charge on any atom is -0.378 e. The van der Waals surface area contributed by atoms with Crippen LogP contribution in [-0.4, -0.2) is 64.2 Å². The van der Waals surface area contributed by atoms with Gasteiger partial charge in [0.15, 0.2) is 0 Å². The smallest absolute Gasteiger partial charge is 0.329 e. The van der Waals surface area contributed by atoms with Gasteiger partial charge < -0.3 is 14.5 Å². The van der Waals surface area contributed by atoms with Gasteiger partial charge >= 0.3 is 6.03 Å². The lowest BCUT2D eigenvalue weighted by Crippen LogP contribution is -2.42. The van der Waals surface area contributed by atoms with Crippen LogP contribution in [0.2, 0.25) is 0 Å². The Labute approximate surface area is 226 Å². The number of anilines is 3. The number of pyridine rings is 2. The normalized spacial score (nSPS) is 15.8. The summed E-state index contributed by atoms with van der Waals surface area (Å²) in [6.07, 6.45) is 5.37. The molecule has 1 fully saturated rings. The molecule has 1 saturated heterocycles. The van der Waals surface area contributed by atoms with E-state index in [0.29, 0.717) is 53.8 Å². The third-order valence-corrected chi connectivity index (χ3v) is 7.27. The molecule has 0 N–H and O–H groups in total. The quantitative estimate of drug-likeness (QED) is 0.389. The topological polar surface area (TPSA) is 111 Å². The van der Waals surface area contributed by atoms with Crippen LogP contribution in [0.1, 0.15) is 25.0 Å². The Morgan fingerprint density at radius 2 is 1.69 bits per heavy atom. The summed E-state index contributed by atoms with van der Waals surface area (Å²) in [5.74, 6) is 0.671. The van der Waals surface area contributed by atoms with Gasteiger partial charge in [-0.1, -0.05) is 12.1 Å². The van der Waals surface area contributed by atoms with Crippen LogP contribution in [0.15, 0.2) is 55.0 Å². The maximum Gasteiger partial charge on any atom is 0.329 e. The molecule has 39 heavy (non-hydrogen) atoms. The van der Waals surface area contributed by atoms with Gasteiger partial charge in [0.25, 0.3) is 0 Å². The highest BCUT2D eigenvalue weighted by molar-refractivity contribution is 6.08. The van der Waals surface area contributed by atoms with Gasteiger partial charge in [0.05, 0.1) is 53.8 Å². The van der Waals surface area contributed by atoms with Gasteiger partial charge in [-0.2, -0.15) is 5.26 Å². The molecule has 5 heterocycles. The molecule has 10 nitrogen and oxygen atoms in total. The SMILES string of the molecule is CN1Cc2cnc3ccc(-c4cnc(N5CCOCC5)nc4)nc3c2N(c2ccc(C(C)(C)C#N)cc2)C1=O. The molecule has 0 unspecified atom stereocenters. The van der Waals surface area contributed by atoms with Crippen molar-refractivity contribution in [1.29, 1.82) is 5.26 Å². The molecular formula is C29H28N8O2. The molecule has 2 aliphatic rings. The van der Waals surface area contributed by atoms with Gasteiger partial charge in [0, 0.05) is 49.9 Å².